The average Bonchev–Trinajstić information content (AvgIpc) is 2.41. The molecule has 0 saturated heterocycles. The second-order valence-electron chi connectivity index (χ2n) is 4.07. The van der Waals surface area contributed by atoms with Crippen LogP contribution in [0.5, 0.6) is 0 Å². The molecule has 1 heterocycles. The number of benzene rings is 2. The second kappa shape index (κ2) is 5.18. The van der Waals surface area contributed by atoms with Crippen LogP contribution in [0.4, 0.5) is 0 Å². The third-order valence-electron chi connectivity index (χ3n) is 2.97. The van der Waals surface area contributed by atoms with Gasteiger partial charge in [-0.15, -0.1) is 0 Å². The SMILES string of the molecule is O=[S@]1c2ccccc2[Se]C[C@H]1c1ccccc1Cl. The molecule has 0 spiro atoms. The molecule has 0 bridgehead atoms. The van der Waals surface area contributed by atoms with Crippen molar-refractivity contribution in [2.24, 2.45) is 0 Å². The first kappa shape index (κ1) is 12.4. The van der Waals surface area contributed by atoms with Gasteiger partial charge >= 0.3 is 121 Å². The predicted molar refractivity (Wildman–Crippen MR) is 77.2 cm³/mol. The quantitative estimate of drug-likeness (QED) is 0.729. The van der Waals surface area contributed by atoms with Crippen molar-refractivity contribution in [1.82, 2.24) is 0 Å². The molecule has 92 valence electrons. The summed E-state index contributed by atoms with van der Waals surface area (Å²) in [5, 5.41) is 1.74. The van der Waals surface area contributed by atoms with Crippen molar-refractivity contribution in [3.63, 3.8) is 0 Å². The van der Waals surface area contributed by atoms with Gasteiger partial charge < -0.3 is 0 Å². The van der Waals surface area contributed by atoms with Gasteiger partial charge in [-0.2, -0.15) is 0 Å². The van der Waals surface area contributed by atoms with Crippen LogP contribution in [0, 0.1) is 0 Å². The topological polar surface area (TPSA) is 17.1 Å². The number of fused-ring (bicyclic) bond motifs is 1. The van der Waals surface area contributed by atoms with Gasteiger partial charge in [0.15, 0.2) is 0 Å². The van der Waals surface area contributed by atoms with Crippen molar-refractivity contribution in [1.29, 1.82) is 0 Å². The van der Waals surface area contributed by atoms with Crippen LogP contribution in [0.25, 0.3) is 0 Å². The Morgan fingerprint density at radius 1 is 1.11 bits per heavy atom. The molecule has 1 aliphatic heterocycles. The fourth-order valence-electron chi connectivity index (χ4n) is 2.06. The third-order valence-corrected chi connectivity index (χ3v) is 8.25. The predicted octanol–water partition coefficient (Wildman–Crippen LogP) is 2.95. The average molecular weight is 342 g/mol. The van der Waals surface area contributed by atoms with E-state index < -0.39 is 10.8 Å². The minimum absolute atomic E-state index is 0.0496. The van der Waals surface area contributed by atoms with E-state index in [1.165, 1.54) is 4.46 Å². The van der Waals surface area contributed by atoms with Crippen molar-refractivity contribution in [3.05, 3.63) is 59.1 Å². The van der Waals surface area contributed by atoms with Gasteiger partial charge in [0.05, 0.1) is 0 Å². The van der Waals surface area contributed by atoms with Crippen LogP contribution in [0.15, 0.2) is 53.4 Å². The van der Waals surface area contributed by atoms with E-state index >= 15 is 0 Å². The zero-order valence-corrected chi connectivity index (χ0v) is 12.8. The van der Waals surface area contributed by atoms with E-state index in [2.05, 4.69) is 6.07 Å². The van der Waals surface area contributed by atoms with E-state index in [4.69, 9.17) is 11.6 Å². The molecule has 0 aromatic heterocycles. The van der Waals surface area contributed by atoms with E-state index in [1.54, 1.807) is 0 Å². The van der Waals surface area contributed by atoms with Gasteiger partial charge in [0.25, 0.3) is 0 Å². The molecule has 0 amide bonds. The van der Waals surface area contributed by atoms with Crippen molar-refractivity contribution in [2.75, 3.05) is 0 Å². The molecule has 2 aromatic carbocycles. The first-order valence-corrected chi connectivity index (χ1v) is 9.30. The molecular weight excluding hydrogens is 331 g/mol. The monoisotopic (exact) mass is 342 g/mol. The van der Waals surface area contributed by atoms with Gasteiger partial charge in [0, 0.05) is 0 Å². The molecule has 0 unspecified atom stereocenters. The number of halogens is 1. The van der Waals surface area contributed by atoms with Crippen LogP contribution >= 0.6 is 11.6 Å². The fraction of sp³-hybridized carbons (Fsp3) is 0.143. The Labute approximate surface area is 120 Å². The molecule has 0 aliphatic carbocycles. The Balaban J connectivity index is 2.03. The number of hydrogen-bond donors (Lipinski definition) is 0. The maximum absolute atomic E-state index is 12.6. The number of rotatable bonds is 1. The summed E-state index contributed by atoms with van der Waals surface area (Å²) >= 11 is 6.61. The summed E-state index contributed by atoms with van der Waals surface area (Å²) in [5.74, 6) is 0. The van der Waals surface area contributed by atoms with Gasteiger partial charge in [-0.3, -0.25) is 0 Å². The van der Waals surface area contributed by atoms with Crippen molar-refractivity contribution < 1.29 is 4.21 Å². The van der Waals surface area contributed by atoms with Crippen LogP contribution in [0.1, 0.15) is 10.8 Å². The van der Waals surface area contributed by atoms with Gasteiger partial charge in [-0.25, -0.2) is 0 Å². The van der Waals surface area contributed by atoms with Crippen molar-refractivity contribution >= 4 is 41.8 Å². The maximum atomic E-state index is 12.6. The van der Waals surface area contributed by atoms with Gasteiger partial charge in [0.1, 0.15) is 0 Å². The summed E-state index contributed by atoms with van der Waals surface area (Å²) in [4.78, 5) is 0.994. The molecule has 1 aliphatic rings. The van der Waals surface area contributed by atoms with Gasteiger partial charge in [-0.05, 0) is 0 Å². The Morgan fingerprint density at radius 3 is 2.67 bits per heavy atom. The Morgan fingerprint density at radius 2 is 1.83 bits per heavy atom. The standard InChI is InChI=1S/C14H11ClOSSe/c15-11-6-2-1-5-10(11)13-9-18-14-8-4-3-7-12(14)17(13)16/h1-8,13H,9H2/t13-,17-/m0/s1. The summed E-state index contributed by atoms with van der Waals surface area (Å²) in [6, 6.07) is 15.8. The van der Waals surface area contributed by atoms with E-state index in [0.29, 0.717) is 15.0 Å². The molecule has 1 nitrogen and oxygen atoms in total. The van der Waals surface area contributed by atoms with E-state index in [0.717, 1.165) is 20.8 Å². The van der Waals surface area contributed by atoms with Crippen LogP contribution in [-0.2, 0) is 10.8 Å². The zero-order valence-electron chi connectivity index (χ0n) is 9.51. The normalized spacial score (nSPS) is 22.5. The summed E-state index contributed by atoms with van der Waals surface area (Å²) in [7, 11) is -0.983. The summed E-state index contributed by atoms with van der Waals surface area (Å²) in [5.41, 5.74) is 1.02. The fourth-order valence-corrected chi connectivity index (χ4v) is 7.57. The Bertz CT molecular complexity index is 614. The molecule has 0 N–H and O–H groups in total. The molecular formula is C14H11ClOSSe. The van der Waals surface area contributed by atoms with E-state index in [-0.39, 0.29) is 5.25 Å². The first-order valence-electron chi connectivity index (χ1n) is 5.64. The van der Waals surface area contributed by atoms with Gasteiger partial charge in [0.2, 0.25) is 0 Å². The molecule has 0 fully saturated rings. The van der Waals surface area contributed by atoms with Crippen molar-refractivity contribution in [2.45, 2.75) is 15.5 Å². The third kappa shape index (κ3) is 2.17. The Hall–Kier alpha value is -0.601. The molecule has 2 atom stereocenters. The van der Waals surface area contributed by atoms with Crippen LogP contribution in [-0.4, -0.2) is 19.2 Å². The first-order chi connectivity index (χ1) is 8.77. The molecule has 18 heavy (non-hydrogen) atoms. The molecule has 4 heteroatoms. The Kier molecular flexibility index (Phi) is 3.58. The summed E-state index contributed by atoms with van der Waals surface area (Å²) in [6.07, 6.45) is 0. The van der Waals surface area contributed by atoms with Crippen LogP contribution in [0.2, 0.25) is 10.3 Å². The van der Waals surface area contributed by atoms with Crippen LogP contribution in [0.3, 0.4) is 0 Å². The minimum atomic E-state index is -0.983. The molecule has 3 rings (SSSR count). The van der Waals surface area contributed by atoms with Crippen LogP contribution < -0.4 is 4.46 Å². The zero-order chi connectivity index (χ0) is 12.5. The van der Waals surface area contributed by atoms with E-state index in [1.807, 2.05) is 42.5 Å². The second-order valence-corrected chi connectivity index (χ2v) is 8.30. The van der Waals surface area contributed by atoms with Crippen molar-refractivity contribution in [3.8, 4) is 0 Å². The molecule has 2 aromatic rings. The summed E-state index contributed by atoms with van der Waals surface area (Å²) in [6.45, 7) is 0. The van der Waals surface area contributed by atoms with E-state index in [9.17, 15) is 4.21 Å². The van der Waals surface area contributed by atoms with Gasteiger partial charge in [-0.1, -0.05) is 0 Å². The summed E-state index contributed by atoms with van der Waals surface area (Å²) < 4.78 is 13.9. The molecule has 0 radical (unpaired) electrons. The number of hydrogen-bond acceptors (Lipinski definition) is 1. The molecule has 0 saturated carbocycles.